The molecule has 0 bridgehead atoms. The molecule has 0 N–H and O–H groups in total. The quantitative estimate of drug-likeness (QED) is 0.776. The fourth-order valence-electron chi connectivity index (χ4n) is 2.35. The van der Waals surface area contributed by atoms with Crippen LogP contribution < -0.4 is 4.90 Å². The van der Waals surface area contributed by atoms with E-state index in [4.69, 9.17) is 0 Å². The fraction of sp³-hybridized carbons (Fsp3) is 0.400. The summed E-state index contributed by atoms with van der Waals surface area (Å²) in [6.45, 7) is 0.283. The number of esters is 1. The molecule has 6 nitrogen and oxygen atoms in total. The van der Waals surface area contributed by atoms with E-state index in [1.165, 1.54) is 16.9 Å². The van der Waals surface area contributed by atoms with E-state index in [2.05, 4.69) is 4.74 Å². The molecule has 0 aliphatic carbocycles. The van der Waals surface area contributed by atoms with Gasteiger partial charge in [-0.05, 0) is 18.2 Å². The molecule has 1 aliphatic heterocycles. The molecule has 0 saturated carbocycles. The average Bonchev–Trinajstić information content (AvgIpc) is 2.87. The Balaban J connectivity index is 2.23. The highest BCUT2D eigenvalue weighted by Gasteiger charge is 2.35. The maximum Gasteiger partial charge on any atom is 0.311 e. The molecule has 2 rings (SSSR count). The van der Waals surface area contributed by atoms with Crippen molar-refractivity contribution in [1.82, 2.24) is 4.90 Å². The first-order valence-corrected chi connectivity index (χ1v) is 6.64. The van der Waals surface area contributed by atoms with E-state index in [9.17, 15) is 14.4 Å². The Kier molecular flexibility index (Phi) is 4.26. The van der Waals surface area contributed by atoms with Crippen LogP contribution in [0.5, 0.6) is 0 Å². The van der Waals surface area contributed by atoms with Gasteiger partial charge < -0.3 is 14.5 Å². The van der Waals surface area contributed by atoms with Gasteiger partial charge in [0.15, 0.2) is 0 Å². The van der Waals surface area contributed by atoms with Crippen molar-refractivity contribution in [3.63, 3.8) is 0 Å². The molecule has 0 radical (unpaired) electrons. The number of carbonyl (C=O) groups is 3. The minimum Gasteiger partial charge on any atom is -0.469 e. The number of nitrogens with zero attached hydrogens (tertiary/aromatic N) is 2. The SMILES string of the molecule is COC(=O)C1CC(=O)N(c2cccc(C(=O)N(C)C)c2)C1. The lowest BCUT2D eigenvalue weighted by molar-refractivity contribution is -0.145. The number of methoxy groups -OCH3 is 1. The molecule has 1 aromatic carbocycles. The van der Waals surface area contributed by atoms with Gasteiger partial charge in [-0.25, -0.2) is 0 Å². The highest BCUT2D eigenvalue weighted by Crippen LogP contribution is 2.26. The van der Waals surface area contributed by atoms with Gasteiger partial charge in [-0.3, -0.25) is 14.4 Å². The first-order chi connectivity index (χ1) is 9.93. The van der Waals surface area contributed by atoms with Crippen LogP contribution in [0, 0.1) is 5.92 Å². The van der Waals surface area contributed by atoms with Gasteiger partial charge in [0.05, 0.1) is 13.0 Å². The van der Waals surface area contributed by atoms with Crippen LogP contribution in [-0.2, 0) is 14.3 Å². The van der Waals surface area contributed by atoms with Gasteiger partial charge in [0.25, 0.3) is 5.91 Å². The molecule has 0 spiro atoms. The number of rotatable bonds is 3. The van der Waals surface area contributed by atoms with Crippen LogP contribution in [0.2, 0.25) is 0 Å². The Bertz CT molecular complexity index is 583. The minimum atomic E-state index is -0.448. The van der Waals surface area contributed by atoms with Crippen LogP contribution in [0.4, 0.5) is 5.69 Å². The third-order valence-electron chi connectivity index (χ3n) is 3.47. The molecular formula is C15H18N2O4. The van der Waals surface area contributed by atoms with Crippen molar-refractivity contribution in [3.05, 3.63) is 29.8 Å². The molecule has 2 amide bonds. The Hall–Kier alpha value is -2.37. The van der Waals surface area contributed by atoms with Gasteiger partial charge >= 0.3 is 5.97 Å². The van der Waals surface area contributed by atoms with Gasteiger partial charge in [0.1, 0.15) is 0 Å². The van der Waals surface area contributed by atoms with Crippen molar-refractivity contribution >= 4 is 23.5 Å². The summed E-state index contributed by atoms with van der Waals surface area (Å²) in [6, 6.07) is 6.85. The van der Waals surface area contributed by atoms with Crippen molar-refractivity contribution in [2.75, 3.05) is 32.6 Å². The lowest BCUT2D eigenvalue weighted by Crippen LogP contribution is -2.27. The molecule has 1 saturated heterocycles. The summed E-state index contributed by atoms with van der Waals surface area (Å²) in [4.78, 5) is 38.5. The van der Waals surface area contributed by atoms with Crippen molar-refractivity contribution < 1.29 is 19.1 Å². The lowest BCUT2D eigenvalue weighted by atomic mass is 10.1. The van der Waals surface area contributed by atoms with Crippen molar-refractivity contribution in [3.8, 4) is 0 Å². The third kappa shape index (κ3) is 3.04. The van der Waals surface area contributed by atoms with Gasteiger partial charge in [0.2, 0.25) is 5.91 Å². The molecule has 1 aliphatic rings. The van der Waals surface area contributed by atoms with Crippen LogP contribution in [0.25, 0.3) is 0 Å². The van der Waals surface area contributed by atoms with Gasteiger partial charge in [-0.2, -0.15) is 0 Å². The summed E-state index contributed by atoms with van der Waals surface area (Å²) in [5.74, 6) is -1.10. The number of carbonyl (C=O) groups excluding carboxylic acids is 3. The van der Waals surface area contributed by atoms with E-state index in [0.717, 1.165) is 0 Å². The number of benzene rings is 1. The zero-order valence-electron chi connectivity index (χ0n) is 12.3. The number of anilines is 1. The van der Waals surface area contributed by atoms with E-state index in [0.29, 0.717) is 11.3 Å². The number of hydrogen-bond acceptors (Lipinski definition) is 4. The second-order valence-corrected chi connectivity index (χ2v) is 5.18. The van der Waals surface area contributed by atoms with Gasteiger partial charge in [-0.15, -0.1) is 0 Å². The summed E-state index contributed by atoms with van der Waals surface area (Å²) >= 11 is 0. The molecule has 21 heavy (non-hydrogen) atoms. The highest BCUT2D eigenvalue weighted by atomic mass is 16.5. The Morgan fingerprint density at radius 1 is 1.33 bits per heavy atom. The second kappa shape index (κ2) is 5.95. The largest absolute Gasteiger partial charge is 0.469 e. The molecule has 1 fully saturated rings. The first kappa shape index (κ1) is 15.0. The normalized spacial score (nSPS) is 17.8. The van der Waals surface area contributed by atoms with E-state index in [1.54, 1.807) is 38.4 Å². The topological polar surface area (TPSA) is 66.9 Å². The highest BCUT2D eigenvalue weighted by molar-refractivity contribution is 6.01. The average molecular weight is 290 g/mol. The van der Waals surface area contributed by atoms with Crippen LogP contribution in [0.15, 0.2) is 24.3 Å². The predicted octanol–water partition coefficient (Wildman–Crippen LogP) is 0.914. The molecular weight excluding hydrogens is 272 g/mol. The van der Waals surface area contributed by atoms with E-state index < -0.39 is 5.92 Å². The number of ether oxygens (including phenoxy) is 1. The standard InChI is InChI=1S/C15H18N2O4/c1-16(2)14(19)10-5-4-6-12(7-10)17-9-11(8-13(17)18)15(20)21-3/h4-7,11H,8-9H2,1-3H3. The zero-order chi connectivity index (χ0) is 15.6. The molecule has 112 valence electrons. The van der Waals surface area contributed by atoms with E-state index >= 15 is 0 Å². The molecule has 1 heterocycles. The monoisotopic (exact) mass is 290 g/mol. The summed E-state index contributed by atoms with van der Waals surface area (Å²) in [6.07, 6.45) is 0.137. The summed E-state index contributed by atoms with van der Waals surface area (Å²) in [5, 5.41) is 0. The second-order valence-electron chi connectivity index (χ2n) is 5.18. The summed E-state index contributed by atoms with van der Waals surface area (Å²) in [7, 11) is 4.65. The molecule has 0 aromatic heterocycles. The van der Waals surface area contributed by atoms with Crippen molar-refractivity contribution in [2.24, 2.45) is 5.92 Å². The van der Waals surface area contributed by atoms with Crippen molar-refractivity contribution in [1.29, 1.82) is 0 Å². The first-order valence-electron chi connectivity index (χ1n) is 6.64. The molecule has 1 atom stereocenters. The number of hydrogen-bond donors (Lipinski definition) is 0. The maximum absolute atomic E-state index is 12.0. The summed E-state index contributed by atoms with van der Waals surface area (Å²) < 4.78 is 4.68. The summed E-state index contributed by atoms with van der Waals surface area (Å²) in [5.41, 5.74) is 1.13. The molecule has 1 unspecified atom stereocenters. The lowest BCUT2D eigenvalue weighted by Gasteiger charge is -2.18. The van der Waals surface area contributed by atoms with Gasteiger partial charge in [-0.1, -0.05) is 6.07 Å². The van der Waals surface area contributed by atoms with Crippen LogP contribution in [0.3, 0.4) is 0 Å². The van der Waals surface area contributed by atoms with E-state index in [1.807, 2.05) is 0 Å². The van der Waals surface area contributed by atoms with E-state index in [-0.39, 0.29) is 30.7 Å². The minimum absolute atomic E-state index is 0.131. The van der Waals surface area contributed by atoms with Crippen LogP contribution >= 0.6 is 0 Å². The molecule has 1 aromatic rings. The van der Waals surface area contributed by atoms with Crippen molar-refractivity contribution in [2.45, 2.75) is 6.42 Å². The van der Waals surface area contributed by atoms with Gasteiger partial charge in [0, 0.05) is 38.3 Å². The number of amides is 2. The Labute approximate surface area is 123 Å². The van der Waals surface area contributed by atoms with Crippen LogP contribution in [0.1, 0.15) is 16.8 Å². The maximum atomic E-state index is 12.0. The fourth-order valence-corrected chi connectivity index (χ4v) is 2.35. The smallest absolute Gasteiger partial charge is 0.311 e. The Morgan fingerprint density at radius 2 is 2.05 bits per heavy atom. The third-order valence-corrected chi connectivity index (χ3v) is 3.47. The van der Waals surface area contributed by atoms with Crippen LogP contribution in [-0.4, -0.2) is 50.4 Å². The zero-order valence-corrected chi connectivity index (χ0v) is 12.3. The predicted molar refractivity (Wildman–Crippen MR) is 76.9 cm³/mol. The molecule has 6 heteroatoms. The Morgan fingerprint density at radius 3 is 2.67 bits per heavy atom.